The normalized spacial score (nSPS) is 13.1. The van der Waals surface area contributed by atoms with Crippen LogP contribution < -0.4 is 0 Å². The lowest BCUT2D eigenvalue weighted by Gasteiger charge is -2.05. The van der Waals surface area contributed by atoms with Crippen molar-refractivity contribution in [2.24, 2.45) is 0 Å². The summed E-state index contributed by atoms with van der Waals surface area (Å²) in [4.78, 5) is 1.09. The number of halogens is 3. The zero-order valence-electron chi connectivity index (χ0n) is 6.84. The van der Waals surface area contributed by atoms with Gasteiger partial charge in [0.25, 0.3) is 0 Å². The van der Waals surface area contributed by atoms with Crippen LogP contribution in [0.2, 0.25) is 0 Å². The molecule has 5 heteroatoms. The standard InChI is InChI=1S/C9H5Br2ClOS/c10-6-2-4-14-8(6)7(12)5-1-3-13-9(5)11/h1-4,7H. The Hall–Kier alpha value is 0.230. The van der Waals surface area contributed by atoms with Gasteiger partial charge in [0.1, 0.15) is 0 Å². The highest BCUT2D eigenvalue weighted by molar-refractivity contribution is 9.10. The van der Waals surface area contributed by atoms with E-state index in [1.165, 1.54) is 0 Å². The minimum Gasteiger partial charge on any atom is -0.457 e. The summed E-state index contributed by atoms with van der Waals surface area (Å²) in [5.41, 5.74) is 0.954. The molecule has 0 aliphatic rings. The third kappa shape index (κ3) is 1.94. The SMILES string of the molecule is ClC(c1ccoc1Br)c1sccc1Br. The van der Waals surface area contributed by atoms with Gasteiger partial charge in [-0.3, -0.25) is 0 Å². The Bertz CT molecular complexity index is 397. The van der Waals surface area contributed by atoms with Crippen molar-refractivity contribution >= 4 is 54.8 Å². The Balaban J connectivity index is 2.38. The molecule has 2 aromatic heterocycles. The first-order valence-corrected chi connectivity index (χ1v) is 6.70. The number of hydrogen-bond donors (Lipinski definition) is 0. The Morgan fingerprint density at radius 1 is 1.36 bits per heavy atom. The molecule has 2 rings (SSSR count). The van der Waals surface area contributed by atoms with Gasteiger partial charge < -0.3 is 4.42 Å². The van der Waals surface area contributed by atoms with Gasteiger partial charge in [-0.15, -0.1) is 22.9 Å². The van der Waals surface area contributed by atoms with Crippen LogP contribution in [0.5, 0.6) is 0 Å². The van der Waals surface area contributed by atoms with Crippen LogP contribution in [0.4, 0.5) is 0 Å². The molecule has 0 aromatic carbocycles. The van der Waals surface area contributed by atoms with Crippen molar-refractivity contribution in [3.8, 4) is 0 Å². The van der Waals surface area contributed by atoms with E-state index in [9.17, 15) is 0 Å². The molecule has 1 nitrogen and oxygen atoms in total. The minimum atomic E-state index is -0.169. The second kappa shape index (κ2) is 4.39. The summed E-state index contributed by atoms with van der Waals surface area (Å²) >= 11 is 14.7. The summed E-state index contributed by atoms with van der Waals surface area (Å²) in [5.74, 6) is 0. The lowest BCUT2D eigenvalue weighted by molar-refractivity contribution is 0.537. The average Bonchev–Trinajstić information content (AvgIpc) is 2.73. The van der Waals surface area contributed by atoms with E-state index < -0.39 is 0 Å². The first-order valence-electron chi connectivity index (χ1n) is 3.80. The molecule has 1 atom stereocenters. The fourth-order valence-corrected chi connectivity index (χ4v) is 3.88. The first-order chi connectivity index (χ1) is 6.70. The summed E-state index contributed by atoms with van der Waals surface area (Å²) in [6.07, 6.45) is 1.62. The van der Waals surface area contributed by atoms with Crippen LogP contribution in [0.15, 0.2) is 37.3 Å². The van der Waals surface area contributed by atoms with E-state index in [-0.39, 0.29) is 5.38 Å². The Morgan fingerprint density at radius 2 is 2.14 bits per heavy atom. The zero-order chi connectivity index (χ0) is 10.1. The summed E-state index contributed by atoms with van der Waals surface area (Å²) < 4.78 is 6.88. The van der Waals surface area contributed by atoms with Crippen LogP contribution in [0.3, 0.4) is 0 Å². The molecule has 0 amide bonds. The molecule has 0 fully saturated rings. The topological polar surface area (TPSA) is 13.1 Å². The number of hydrogen-bond acceptors (Lipinski definition) is 2. The molecule has 74 valence electrons. The maximum atomic E-state index is 6.32. The fourth-order valence-electron chi connectivity index (χ4n) is 1.11. The van der Waals surface area contributed by atoms with Crippen LogP contribution in [-0.4, -0.2) is 0 Å². The van der Waals surface area contributed by atoms with E-state index in [0.717, 1.165) is 14.9 Å². The third-order valence-corrected chi connectivity index (χ3v) is 4.96. The molecule has 0 saturated carbocycles. The molecule has 0 saturated heterocycles. The number of furan rings is 1. The van der Waals surface area contributed by atoms with Gasteiger partial charge in [-0.25, -0.2) is 0 Å². The van der Waals surface area contributed by atoms with Crippen molar-refractivity contribution in [2.75, 3.05) is 0 Å². The van der Waals surface area contributed by atoms with Crippen molar-refractivity contribution in [2.45, 2.75) is 5.38 Å². The lowest BCUT2D eigenvalue weighted by Crippen LogP contribution is -1.88. The summed E-state index contributed by atoms with van der Waals surface area (Å²) in [5, 5.41) is 1.83. The molecule has 0 bridgehead atoms. The van der Waals surface area contributed by atoms with E-state index in [0.29, 0.717) is 4.67 Å². The molecule has 0 aliphatic carbocycles. The molecule has 2 aromatic rings. The van der Waals surface area contributed by atoms with E-state index in [1.807, 2.05) is 17.5 Å². The molecule has 2 heterocycles. The molecule has 14 heavy (non-hydrogen) atoms. The summed E-state index contributed by atoms with van der Waals surface area (Å²) in [6.45, 7) is 0. The van der Waals surface area contributed by atoms with Crippen molar-refractivity contribution < 1.29 is 4.42 Å². The van der Waals surface area contributed by atoms with E-state index in [4.69, 9.17) is 16.0 Å². The van der Waals surface area contributed by atoms with Gasteiger partial charge in [0.15, 0.2) is 4.67 Å². The fraction of sp³-hybridized carbons (Fsp3) is 0.111. The van der Waals surface area contributed by atoms with Crippen molar-refractivity contribution in [1.82, 2.24) is 0 Å². The molecule has 0 aliphatic heterocycles. The van der Waals surface area contributed by atoms with Crippen LogP contribution >= 0.6 is 54.8 Å². The molecule has 1 unspecified atom stereocenters. The molecular weight excluding hydrogens is 351 g/mol. The van der Waals surface area contributed by atoms with Crippen molar-refractivity contribution in [1.29, 1.82) is 0 Å². The van der Waals surface area contributed by atoms with Gasteiger partial charge in [0, 0.05) is 14.9 Å². The van der Waals surface area contributed by atoms with Crippen LogP contribution in [-0.2, 0) is 0 Å². The zero-order valence-corrected chi connectivity index (χ0v) is 11.6. The Morgan fingerprint density at radius 3 is 2.64 bits per heavy atom. The van der Waals surface area contributed by atoms with E-state index in [1.54, 1.807) is 17.6 Å². The van der Waals surface area contributed by atoms with Crippen molar-refractivity contribution in [3.63, 3.8) is 0 Å². The van der Waals surface area contributed by atoms with Gasteiger partial charge in [0.05, 0.1) is 11.6 Å². The van der Waals surface area contributed by atoms with E-state index in [2.05, 4.69) is 31.9 Å². The quantitative estimate of drug-likeness (QED) is 0.675. The molecule has 0 radical (unpaired) electrons. The average molecular weight is 356 g/mol. The maximum absolute atomic E-state index is 6.32. The Kier molecular flexibility index (Phi) is 3.37. The third-order valence-electron chi connectivity index (χ3n) is 1.79. The van der Waals surface area contributed by atoms with Gasteiger partial charge in [-0.1, -0.05) is 0 Å². The van der Waals surface area contributed by atoms with Crippen LogP contribution in [0.1, 0.15) is 15.8 Å². The van der Waals surface area contributed by atoms with Gasteiger partial charge in [0.2, 0.25) is 0 Å². The van der Waals surface area contributed by atoms with Gasteiger partial charge in [-0.05, 0) is 49.4 Å². The molecule has 0 N–H and O–H groups in total. The minimum absolute atomic E-state index is 0.169. The second-order valence-corrected chi connectivity index (χ2v) is 5.60. The first kappa shape index (κ1) is 10.7. The van der Waals surface area contributed by atoms with E-state index >= 15 is 0 Å². The Labute approximate surface area is 107 Å². The summed E-state index contributed by atoms with van der Waals surface area (Å²) in [7, 11) is 0. The maximum Gasteiger partial charge on any atom is 0.173 e. The molecule has 0 spiro atoms. The van der Waals surface area contributed by atoms with Crippen LogP contribution in [0.25, 0.3) is 0 Å². The predicted molar refractivity (Wildman–Crippen MR) is 66.1 cm³/mol. The lowest BCUT2D eigenvalue weighted by atomic mass is 10.2. The van der Waals surface area contributed by atoms with Gasteiger partial charge >= 0.3 is 0 Å². The van der Waals surface area contributed by atoms with Crippen LogP contribution in [0, 0.1) is 0 Å². The highest BCUT2D eigenvalue weighted by Crippen LogP contribution is 2.40. The molecular formula is C9H5Br2ClOS. The summed E-state index contributed by atoms with van der Waals surface area (Å²) in [6, 6.07) is 3.86. The predicted octanol–water partition coefficient (Wildman–Crippen LogP) is 5.19. The highest BCUT2D eigenvalue weighted by Gasteiger charge is 2.19. The highest BCUT2D eigenvalue weighted by atomic mass is 79.9. The van der Waals surface area contributed by atoms with Gasteiger partial charge in [-0.2, -0.15) is 0 Å². The number of rotatable bonds is 2. The van der Waals surface area contributed by atoms with Crippen molar-refractivity contribution in [3.05, 3.63) is 43.4 Å². The monoisotopic (exact) mass is 354 g/mol. The largest absolute Gasteiger partial charge is 0.457 e. The number of thiophene rings is 1. The second-order valence-electron chi connectivity index (χ2n) is 2.64. The number of alkyl halides is 1. The smallest absolute Gasteiger partial charge is 0.173 e.